The maximum absolute atomic E-state index is 7.02. The van der Waals surface area contributed by atoms with Crippen LogP contribution < -0.4 is 0 Å². The van der Waals surface area contributed by atoms with E-state index in [1.165, 1.54) is 0 Å². The molecule has 6 heteroatoms. The van der Waals surface area contributed by atoms with Gasteiger partial charge in [-0.2, -0.15) is 0 Å². The second-order valence-electron chi connectivity index (χ2n) is 17.0. The Bertz CT molecular complexity index is 3940. The van der Waals surface area contributed by atoms with E-state index in [1.807, 2.05) is 66.9 Å². The van der Waals surface area contributed by atoms with Crippen LogP contribution in [-0.4, -0.2) is 24.5 Å². The quantitative estimate of drug-likeness (QED) is 0.152. The van der Waals surface area contributed by atoms with Gasteiger partial charge in [-0.3, -0.25) is 4.98 Å². The van der Waals surface area contributed by atoms with Gasteiger partial charge in [0.25, 0.3) is 0 Å². The molecule has 0 radical (unpaired) electrons. The zero-order valence-corrected chi connectivity index (χ0v) is 36.7. The molecule has 13 aromatic rings. The molecular formula is C62H39N5O. The molecule has 4 aromatic heterocycles. The van der Waals surface area contributed by atoms with Crippen LogP contribution in [0.4, 0.5) is 0 Å². The molecule has 0 unspecified atom stereocenters. The SMILES string of the molecule is c1ccc(-c2nc(-c3ccccc3)nc(-c3cc(-c4ccc(-c5ccccc5)c(-c5ccccc5)c4)cnc3-c3cccc4c3oc3ccc5c(c6ccccc6n5-c5ccccc5)c34)n2)cc1. The Labute approximate surface area is 392 Å². The van der Waals surface area contributed by atoms with Gasteiger partial charge in [0, 0.05) is 61.2 Å². The summed E-state index contributed by atoms with van der Waals surface area (Å²) >= 11 is 0. The third-order valence-electron chi connectivity index (χ3n) is 12.9. The Morgan fingerprint density at radius 2 is 0.897 bits per heavy atom. The first-order valence-corrected chi connectivity index (χ1v) is 22.8. The predicted octanol–water partition coefficient (Wildman–Crippen LogP) is 15.9. The summed E-state index contributed by atoms with van der Waals surface area (Å²) in [5, 5.41) is 4.37. The van der Waals surface area contributed by atoms with Gasteiger partial charge in [0.2, 0.25) is 0 Å². The first-order valence-electron chi connectivity index (χ1n) is 22.8. The fourth-order valence-electron chi connectivity index (χ4n) is 9.78. The monoisotopic (exact) mass is 869 g/mol. The Kier molecular flexibility index (Phi) is 9.39. The lowest BCUT2D eigenvalue weighted by Crippen LogP contribution is -2.02. The maximum atomic E-state index is 7.02. The lowest BCUT2D eigenvalue weighted by Gasteiger charge is -2.15. The number of hydrogen-bond acceptors (Lipinski definition) is 5. The van der Waals surface area contributed by atoms with Gasteiger partial charge in [0.1, 0.15) is 11.2 Å². The lowest BCUT2D eigenvalue weighted by atomic mass is 9.91. The molecular weight excluding hydrogens is 831 g/mol. The highest BCUT2D eigenvalue weighted by Crippen LogP contribution is 2.45. The standard InChI is InChI=1S/C62H39N5O/c1-6-19-40(20-7-1)47-34-33-44(37-51(47)41-21-8-2-9-22-41)45-38-52(62-65-60(42-23-10-3-11-24-42)64-61(66-62)43-25-12-4-13-26-43)58(63-39-45)50-31-18-30-49-57-55(68-59(49)50)36-35-54-56(57)48-29-16-17-32-53(48)67(54)46-27-14-5-15-28-46/h1-39H. The molecule has 4 heterocycles. The molecule has 0 atom stereocenters. The van der Waals surface area contributed by atoms with E-state index in [9.17, 15) is 0 Å². The van der Waals surface area contributed by atoms with E-state index in [0.717, 1.165) is 105 Å². The number of pyridine rings is 1. The average Bonchev–Trinajstić information content (AvgIpc) is 3.98. The van der Waals surface area contributed by atoms with Crippen LogP contribution in [0.15, 0.2) is 241 Å². The molecule has 0 fully saturated rings. The van der Waals surface area contributed by atoms with Crippen LogP contribution in [-0.2, 0) is 0 Å². The summed E-state index contributed by atoms with van der Waals surface area (Å²) in [6.45, 7) is 0. The van der Waals surface area contributed by atoms with Crippen molar-refractivity contribution in [1.82, 2.24) is 24.5 Å². The summed E-state index contributed by atoms with van der Waals surface area (Å²) in [5.41, 5.74) is 15.5. The largest absolute Gasteiger partial charge is 0.455 e. The van der Waals surface area contributed by atoms with Crippen LogP contribution >= 0.6 is 0 Å². The Hall–Kier alpha value is -9.26. The van der Waals surface area contributed by atoms with Gasteiger partial charge in [0.05, 0.1) is 16.7 Å². The van der Waals surface area contributed by atoms with E-state index < -0.39 is 0 Å². The molecule has 68 heavy (non-hydrogen) atoms. The maximum Gasteiger partial charge on any atom is 0.166 e. The molecule has 0 saturated heterocycles. The van der Waals surface area contributed by atoms with Gasteiger partial charge in [-0.15, -0.1) is 0 Å². The van der Waals surface area contributed by atoms with Crippen LogP contribution in [0.2, 0.25) is 0 Å². The molecule has 0 amide bonds. The van der Waals surface area contributed by atoms with Crippen molar-refractivity contribution in [3.8, 4) is 84.5 Å². The van der Waals surface area contributed by atoms with Crippen molar-refractivity contribution in [2.75, 3.05) is 0 Å². The summed E-state index contributed by atoms with van der Waals surface area (Å²) in [7, 11) is 0. The minimum atomic E-state index is 0.507. The first kappa shape index (κ1) is 39.1. The Morgan fingerprint density at radius 1 is 0.338 bits per heavy atom. The molecule has 318 valence electrons. The van der Waals surface area contributed by atoms with Crippen LogP contribution in [0.5, 0.6) is 0 Å². The fraction of sp³-hybridized carbons (Fsp3) is 0. The minimum Gasteiger partial charge on any atom is -0.455 e. The van der Waals surface area contributed by atoms with Crippen molar-refractivity contribution in [3.63, 3.8) is 0 Å². The second-order valence-corrected chi connectivity index (χ2v) is 17.0. The third kappa shape index (κ3) is 6.66. The van der Waals surface area contributed by atoms with Gasteiger partial charge < -0.3 is 8.98 Å². The molecule has 0 aliphatic rings. The number of rotatable bonds is 8. The average molecular weight is 870 g/mol. The normalized spacial score (nSPS) is 11.5. The molecule has 0 saturated carbocycles. The third-order valence-corrected chi connectivity index (χ3v) is 12.9. The smallest absolute Gasteiger partial charge is 0.166 e. The van der Waals surface area contributed by atoms with Gasteiger partial charge in [-0.05, 0) is 76.3 Å². The van der Waals surface area contributed by atoms with Crippen molar-refractivity contribution in [1.29, 1.82) is 0 Å². The van der Waals surface area contributed by atoms with E-state index >= 15 is 0 Å². The number of furan rings is 1. The molecule has 13 rings (SSSR count). The Morgan fingerprint density at radius 3 is 1.57 bits per heavy atom. The van der Waals surface area contributed by atoms with E-state index in [1.54, 1.807) is 0 Å². The van der Waals surface area contributed by atoms with Crippen molar-refractivity contribution in [2.45, 2.75) is 0 Å². The molecule has 9 aromatic carbocycles. The zero-order valence-electron chi connectivity index (χ0n) is 36.7. The number of para-hydroxylation sites is 3. The minimum absolute atomic E-state index is 0.507. The fourth-order valence-corrected chi connectivity index (χ4v) is 9.78. The van der Waals surface area contributed by atoms with Crippen LogP contribution in [0.1, 0.15) is 0 Å². The highest BCUT2D eigenvalue weighted by molar-refractivity contribution is 6.28. The van der Waals surface area contributed by atoms with Gasteiger partial charge in [-0.1, -0.05) is 182 Å². The molecule has 0 aliphatic carbocycles. The summed E-state index contributed by atoms with van der Waals surface area (Å²) in [5.74, 6) is 1.65. The van der Waals surface area contributed by atoms with Crippen LogP contribution in [0, 0.1) is 0 Å². The summed E-state index contributed by atoms with van der Waals surface area (Å²) < 4.78 is 9.36. The molecule has 6 nitrogen and oxygen atoms in total. The molecule has 0 N–H and O–H groups in total. The first-order chi connectivity index (χ1) is 33.7. The van der Waals surface area contributed by atoms with Crippen molar-refractivity contribution >= 4 is 43.7 Å². The highest BCUT2D eigenvalue weighted by atomic mass is 16.3. The highest BCUT2D eigenvalue weighted by Gasteiger charge is 2.24. The van der Waals surface area contributed by atoms with Crippen molar-refractivity contribution < 1.29 is 4.42 Å². The second kappa shape index (κ2) is 16.3. The van der Waals surface area contributed by atoms with Gasteiger partial charge >= 0.3 is 0 Å². The van der Waals surface area contributed by atoms with Crippen LogP contribution in [0.3, 0.4) is 0 Å². The van der Waals surface area contributed by atoms with E-state index in [-0.39, 0.29) is 0 Å². The summed E-state index contributed by atoms with van der Waals surface area (Å²) in [4.78, 5) is 21.0. The van der Waals surface area contributed by atoms with Crippen LogP contribution in [0.25, 0.3) is 128 Å². The molecule has 0 bridgehead atoms. The van der Waals surface area contributed by atoms with E-state index in [4.69, 9.17) is 24.4 Å². The van der Waals surface area contributed by atoms with Crippen molar-refractivity contribution in [2.24, 2.45) is 0 Å². The molecule has 0 spiro atoms. The predicted molar refractivity (Wildman–Crippen MR) is 277 cm³/mol. The number of benzene rings is 9. The van der Waals surface area contributed by atoms with Gasteiger partial charge in [0.15, 0.2) is 17.5 Å². The van der Waals surface area contributed by atoms with Gasteiger partial charge in [-0.25, -0.2) is 15.0 Å². The number of fused-ring (bicyclic) bond motifs is 7. The summed E-state index contributed by atoms with van der Waals surface area (Å²) in [6.07, 6.45) is 1.97. The van der Waals surface area contributed by atoms with Crippen molar-refractivity contribution in [3.05, 3.63) is 237 Å². The number of nitrogens with zero attached hydrogens (tertiary/aromatic N) is 5. The molecule has 0 aliphatic heterocycles. The van der Waals surface area contributed by atoms with E-state index in [2.05, 4.69) is 174 Å². The zero-order chi connectivity index (χ0) is 45.0. The topological polar surface area (TPSA) is 69.6 Å². The number of aromatic nitrogens is 5. The number of hydrogen-bond donors (Lipinski definition) is 0. The lowest BCUT2D eigenvalue weighted by molar-refractivity contribution is 0.670. The Balaban J connectivity index is 1.07. The van der Waals surface area contributed by atoms with E-state index in [0.29, 0.717) is 23.2 Å². The summed E-state index contributed by atoms with van der Waals surface area (Å²) in [6, 6.07) is 80.0.